The lowest BCUT2D eigenvalue weighted by Crippen LogP contribution is -2.23. The molecule has 4 heteroatoms. The van der Waals surface area contributed by atoms with Crippen molar-refractivity contribution >= 4 is 11.5 Å². The summed E-state index contributed by atoms with van der Waals surface area (Å²) in [7, 11) is 0. The van der Waals surface area contributed by atoms with Gasteiger partial charge in [0.05, 0.1) is 0 Å². The van der Waals surface area contributed by atoms with Gasteiger partial charge >= 0.3 is 0 Å². The van der Waals surface area contributed by atoms with Gasteiger partial charge in [0, 0.05) is 18.7 Å². The predicted octanol–water partition coefficient (Wildman–Crippen LogP) is 2.76. The molecule has 0 aliphatic carbocycles. The summed E-state index contributed by atoms with van der Waals surface area (Å²) in [6.45, 7) is 8.97. The first-order valence-corrected chi connectivity index (χ1v) is 6.76. The lowest BCUT2D eigenvalue weighted by Gasteiger charge is -2.25. The summed E-state index contributed by atoms with van der Waals surface area (Å²) in [6, 6.07) is 2.14. The SMILES string of the molecule is Cc1cc2ncnn2c(N2CCCC2)c1C(C)C. The largest absolute Gasteiger partial charge is 0.356 e. The third-order valence-electron chi connectivity index (χ3n) is 3.77. The first kappa shape index (κ1) is 11.5. The van der Waals surface area contributed by atoms with Gasteiger partial charge in [-0.1, -0.05) is 13.8 Å². The summed E-state index contributed by atoms with van der Waals surface area (Å²) < 4.78 is 2.01. The summed E-state index contributed by atoms with van der Waals surface area (Å²) >= 11 is 0. The molecule has 0 amide bonds. The second-order valence-corrected chi connectivity index (χ2v) is 5.44. The van der Waals surface area contributed by atoms with Crippen LogP contribution in [0.2, 0.25) is 0 Å². The van der Waals surface area contributed by atoms with Crippen LogP contribution in [0, 0.1) is 6.92 Å². The minimum atomic E-state index is 0.509. The molecule has 0 atom stereocenters. The number of hydrogen-bond acceptors (Lipinski definition) is 3. The number of rotatable bonds is 2. The maximum Gasteiger partial charge on any atom is 0.157 e. The fourth-order valence-corrected chi connectivity index (χ4v) is 3.02. The smallest absolute Gasteiger partial charge is 0.157 e. The Morgan fingerprint density at radius 3 is 2.61 bits per heavy atom. The van der Waals surface area contributed by atoms with E-state index in [1.54, 1.807) is 6.33 Å². The van der Waals surface area contributed by atoms with Gasteiger partial charge in [0.15, 0.2) is 5.65 Å². The zero-order valence-corrected chi connectivity index (χ0v) is 11.3. The highest BCUT2D eigenvalue weighted by Gasteiger charge is 2.22. The number of aromatic nitrogens is 3. The van der Waals surface area contributed by atoms with E-state index < -0.39 is 0 Å². The van der Waals surface area contributed by atoms with Crippen molar-refractivity contribution in [3.63, 3.8) is 0 Å². The minimum Gasteiger partial charge on any atom is -0.356 e. The number of aryl methyl sites for hydroxylation is 1. The molecule has 3 heterocycles. The molecule has 0 aromatic carbocycles. The van der Waals surface area contributed by atoms with Crippen LogP contribution in [0.1, 0.15) is 43.7 Å². The van der Waals surface area contributed by atoms with Crippen molar-refractivity contribution in [3.8, 4) is 0 Å². The monoisotopic (exact) mass is 244 g/mol. The summed E-state index contributed by atoms with van der Waals surface area (Å²) in [6.07, 6.45) is 4.21. The van der Waals surface area contributed by atoms with Crippen molar-refractivity contribution < 1.29 is 0 Å². The van der Waals surface area contributed by atoms with Crippen LogP contribution in [0.4, 0.5) is 5.82 Å². The number of nitrogens with zero attached hydrogens (tertiary/aromatic N) is 4. The molecule has 1 fully saturated rings. The van der Waals surface area contributed by atoms with E-state index in [0.29, 0.717) is 5.92 Å². The molecule has 0 spiro atoms. The van der Waals surface area contributed by atoms with Crippen LogP contribution in [-0.4, -0.2) is 27.7 Å². The normalized spacial score (nSPS) is 16.1. The van der Waals surface area contributed by atoms with Gasteiger partial charge in [0.1, 0.15) is 12.1 Å². The molecule has 96 valence electrons. The van der Waals surface area contributed by atoms with Gasteiger partial charge in [-0.3, -0.25) is 0 Å². The van der Waals surface area contributed by atoms with Crippen molar-refractivity contribution in [2.45, 2.75) is 39.5 Å². The van der Waals surface area contributed by atoms with Crippen LogP contribution in [-0.2, 0) is 0 Å². The lowest BCUT2D eigenvalue weighted by atomic mass is 9.98. The second kappa shape index (κ2) is 4.26. The van der Waals surface area contributed by atoms with Gasteiger partial charge in [-0.05, 0) is 37.3 Å². The Hall–Kier alpha value is -1.58. The summed E-state index contributed by atoms with van der Waals surface area (Å²) in [5.74, 6) is 1.77. The van der Waals surface area contributed by atoms with E-state index in [4.69, 9.17) is 0 Å². The maximum atomic E-state index is 4.41. The van der Waals surface area contributed by atoms with Crippen molar-refractivity contribution in [3.05, 3.63) is 23.5 Å². The molecule has 2 aromatic heterocycles. The van der Waals surface area contributed by atoms with E-state index >= 15 is 0 Å². The average Bonchev–Trinajstić information content (AvgIpc) is 2.96. The molecule has 0 bridgehead atoms. The van der Waals surface area contributed by atoms with Crippen LogP contribution in [0.3, 0.4) is 0 Å². The van der Waals surface area contributed by atoms with Crippen molar-refractivity contribution in [2.75, 3.05) is 18.0 Å². The van der Waals surface area contributed by atoms with E-state index in [-0.39, 0.29) is 0 Å². The lowest BCUT2D eigenvalue weighted by molar-refractivity contribution is 0.788. The van der Waals surface area contributed by atoms with Crippen LogP contribution in [0.25, 0.3) is 5.65 Å². The van der Waals surface area contributed by atoms with Gasteiger partial charge in [-0.2, -0.15) is 9.61 Å². The average molecular weight is 244 g/mol. The van der Waals surface area contributed by atoms with Crippen molar-refractivity contribution in [1.29, 1.82) is 0 Å². The third kappa shape index (κ3) is 1.67. The first-order chi connectivity index (χ1) is 8.68. The van der Waals surface area contributed by atoms with E-state index in [2.05, 4.69) is 41.8 Å². The quantitative estimate of drug-likeness (QED) is 0.814. The van der Waals surface area contributed by atoms with Gasteiger partial charge in [0.2, 0.25) is 0 Å². The van der Waals surface area contributed by atoms with Gasteiger partial charge in [-0.15, -0.1) is 0 Å². The Morgan fingerprint density at radius 1 is 1.22 bits per heavy atom. The van der Waals surface area contributed by atoms with Gasteiger partial charge in [0.25, 0.3) is 0 Å². The summed E-state index contributed by atoms with van der Waals surface area (Å²) in [5.41, 5.74) is 3.70. The van der Waals surface area contributed by atoms with Crippen LogP contribution >= 0.6 is 0 Å². The molecule has 18 heavy (non-hydrogen) atoms. The molecular formula is C14H20N4. The number of hydrogen-bond donors (Lipinski definition) is 0. The van der Waals surface area contributed by atoms with E-state index in [1.807, 2.05) is 4.52 Å². The highest BCUT2D eigenvalue weighted by atomic mass is 15.4. The Bertz CT molecular complexity index is 564. The summed E-state index contributed by atoms with van der Waals surface area (Å²) in [5, 5.41) is 4.41. The molecule has 1 aliphatic rings. The molecule has 0 N–H and O–H groups in total. The zero-order valence-electron chi connectivity index (χ0n) is 11.3. The van der Waals surface area contributed by atoms with Crippen LogP contribution in [0.15, 0.2) is 12.4 Å². The zero-order chi connectivity index (χ0) is 12.7. The molecule has 3 rings (SSSR count). The number of pyridine rings is 1. The fourth-order valence-electron chi connectivity index (χ4n) is 3.02. The van der Waals surface area contributed by atoms with E-state index in [9.17, 15) is 0 Å². The molecule has 0 radical (unpaired) electrons. The first-order valence-electron chi connectivity index (χ1n) is 6.76. The predicted molar refractivity (Wildman–Crippen MR) is 73.3 cm³/mol. The molecule has 4 nitrogen and oxygen atoms in total. The van der Waals surface area contributed by atoms with Crippen molar-refractivity contribution in [2.24, 2.45) is 0 Å². The second-order valence-electron chi connectivity index (χ2n) is 5.44. The fraction of sp³-hybridized carbons (Fsp3) is 0.571. The van der Waals surface area contributed by atoms with Gasteiger partial charge in [-0.25, -0.2) is 4.98 Å². The van der Waals surface area contributed by atoms with E-state index in [0.717, 1.165) is 18.7 Å². The molecule has 0 unspecified atom stereocenters. The van der Waals surface area contributed by atoms with Crippen LogP contribution in [0.5, 0.6) is 0 Å². The highest BCUT2D eigenvalue weighted by Crippen LogP contribution is 2.33. The Morgan fingerprint density at radius 2 is 1.94 bits per heavy atom. The molecule has 0 saturated carbocycles. The number of anilines is 1. The minimum absolute atomic E-state index is 0.509. The Kier molecular flexibility index (Phi) is 2.73. The summed E-state index contributed by atoms with van der Waals surface area (Å²) in [4.78, 5) is 6.80. The van der Waals surface area contributed by atoms with Gasteiger partial charge < -0.3 is 4.90 Å². The Balaban J connectivity index is 2.28. The maximum absolute atomic E-state index is 4.41. The molecule has 1 aliphatic heterocycles. The highest BCUT2D eigenvalue weighted by molar-refractivity contribution is 5.60. The van der Waals surface area contributed by atoms with E-state index in [1.165, 1.54) is 29.8 Å². The Labute approximate surface area is 108 Å². The van der Waals surface area contributed by atoms with Crippen LogP contribution < -0.4 is 4.90 Å². The third-order valence-corrected chi connectivity index (χ3v) is 3.77. The molecular weight excluding hydrogens is 224 g/mol. The molecule has 2 aromatic rings. The topological polar surface area (TPSA) is 33.4 Å². The molecule has 1 saturated heterocycles. The standard InChI is InChI=1S/C14H20N4/c1-10(2)13-11(3)8-12-15-9-16-18(12)14(13)17-6-4-5-7-17/h8-10H,4-7H2,1-3H3. The van der Waals surface area contributed by atoms with Crippen molar-refractivity contribution in [1.82, 2.24) is 14.6 Å². The number of fused-ring (bicyclic) bond motifs is 1.